The van der Waals surface area contributed by atoms with Gasteiger partial charge in [0.2, 0.25) is 11.8 Å². The number of aromatic amines is 1. The van der Waals surface area contributed by atoms with Crippen LogP contribution < -0.4 is 15.4 Å². The number of hydrogen-bond donors (Lipinski definition) is 3. The molecule has 3 aromatic rings. The van der Waals surface area contributed by atoms with Gasteiger partial charge in [0.25, 0.3) is 12.3 Å². The number of fused-ring (bicyclic) bond motifs is 1. The fourth-order valence-corrected chi connectivity index (χ4v) is 4.17. The number of ether oxygens (including phenoxy) is 1. The van der Waals surface area contributed by atoms with Gasteiger partial charge in [-0.3, -0.25) is 9.78 Å². The van der Waals surface area contributed by atoms with E-state index in [4.69, 9.17) is 27.9 Å². The molecular formula is C21H22Cl2F2N6O2. The predicted octanol–water partition coefficient (Wildman–Crippen LogP) is 5.36. The number of amides is 1. The lowest BCUT2D eigenvalue weighted by molar-refractivity contribution is 0.0770. The number of alkyl halides is 2. The van der Waals surface area contributed by atoms with E-state index in [0.29, 0.717) is 17.1 Å². The van der Waals surface area contributed by atoms with Gasteiger partial charge in [0, 0.05) is 18.4 Å². The Labute approximate surface area is 198 Å². The topological polar surface area (TPSA) is 105 Å². The molecule has 0 atom stereocenters. The summed E-state index contributed by atoms with van der Waals surface area (Å²) in [6, 6.07) is 1.47. The van der Waals surface area contributed by atoms with Gasteiger partial charge in [-0.15, -0.1) is 0 Å². The first-order valence-corrected chi connectivity index (χ1v) is 11.2. The van der Waals surface area contributed by atoms with Crippen molar-refractivity contribution in [3.8, 4) is 5.88 Å². The van der Waals surface area contributed by atoms with Gasteiger partial charge in [0.05, 0.1) is 15.7 Å². The Bertz CT molecular complexity index is 1130. The molecule has 3 aromatic heterocycles. The molecule has 0 spiro atoms. The quantitative estimate of drug-likeness (QED) is 0.405. The Morgan fingerprint density at radius 3 is 2.58 bits per heavy atom. The summed E-state index contributed by atoms with van der Waals surface area (Å²) in [5.41, 5.74) is 1.00. The van der Waals surface area contributed by atoms with E-state index < -0.39 is 18.9 Å². The summed E-state index contributed by atoms with van der Waals surface area (Å²) in [6.07, 6.45) is 3.88. The molecule has 0 saturated heterocycles. The second kappa shape index (κ2) is 10.0. The standard InChI is InChI=1S/C21H22Cl2F2N6O2/c1-10-2-4-11(5-3-10)27-19(32)12-6-15-18(30-20(12)33-9-16(24)25)31-21(28-15)29-17-13(22)7-26-8-14(17)23/h6-8,10-11,16H,2-5,9H2,1H3,(H,27,32)(H2,26,28,29,30,31)/t10-,11-. The van der Waals surface area contributed by atoms with Crippen LogP contribution in [0.5, 0.6) is 5.88 Å². The van der Waals surface area contributed by atoms with Crippen LogP contribution in [-0.4, -0.2) is 44.9 Å². The number of rotatable bonds is 7. The summed E-state index contributed by atoms with van der Waals surface area (Å²) in [4.78, 5) is 28.4. The molecule has 8 nitrogen and oxygen atoms in total. The molecule has 33 heavy (non-hydrogen) atoms. The molecule has 1 amide bonds. The lowest BCUT2D eigenvalue weighted by Gasteiger charge is -2.27. The van der Waals surface area contributed by atoms with Crippen molar-refractivity contribution in [2.75, 3.05) is 11.9 Å². The minimum Gasteiger partial charge on any atom is -0.471 e. The first kappa shape index (κ1) is 23.4. The van der Waals surface area contributed by atoms with Crippen LogP contribution in [0.1, 0.15) is 43.0 Å². The molecule has 4 rings (SSSR count). The SMILES string of the molecule is C[C@H]1CC[C@H](NC(=O)c2cc3nc(Nc4c(Cl)cncc4Cl)[nH]c3nc2OCC(F)F)CC1. The maximum atomic E-state index is 13.0. The average molecular weight is 499 g/mol. The second-order valence-electron chi connectivity index (χ2n) is 8.03. The minimum atomic E-state index is -2.71. The Kier molecular flexibility index (Phi) is 7.14. The predicted molar refractivity (Wildman–Crippen MR) is 122 cm³/mol. The smallest absolute Gasteiger partial charge is 0.272 e. The minimum absolute atomic E-state index is 0.0136. The Hall–Kier alpha value is -2.72. The van der Waals surface area contributed by atoms with Crippen LogP contribution in [0.15, 0.2) is 18.5 Å². The fraction of sp³-hybridized carbons (Fsp3) is 0.429. The number of hydrogen-bond acceptors (Lipinski definition) is 6. The summed E-state index contributed by atoms with van der Waals surface area (Å²) in [7, 11) is 0. The summed E-state index contributed by atoms with van der Waals surface area (Å²) < 4.78 is 30.7. The number of aromatic nitrogens is 4. The summed E-state index contributed by atoms with van der Waals surface area (Å²) in [6.45, 7) is 1.29. The molecule has 1 fully saturated rings. The highest BCUT2D eigenvalue weighted by Gasteiger charge is 2.24. The third kappa shape index (κ3) is 5.62. The van der Waals surface area contributed by atoms with Crippen molar-refractivity contribution in [1.82, 2.24) is 25.3 Å². The molecule has 3 N–H and O–H groups in total. The zero-order chi connectivity index (χ0) is 23.5. The number of anilines is 2. The van der Waals surface area contributed by atoms with Crippen LogP contribution in [0.3, 0.4) is 0 Å². The molecule has 0 radical (unpaired) electrons. The number of carbonyl (C=O) groups excluding carboxylic acids is 1. The first-order chi connectivity index (χ1) is 15.8. The molecule has 12 heteroatoms. The molecule has 176 valence electrons. The van der Waals surface area contributed by atoms with Crippen LogP contribution in [0.25, 0.3) is 11.2 Å². The summed E-state index contributed by atoms with van der Waals surface area (Å²) in [5.74, 6) is 0.232. The van der Waals surface area contributed by atoms with Crippen molar-refractivity contribution >= 4 is 51.9 Å². The lowest BCUT2D eigenvalue weighted by atomic mass is 9.87. The number of nitrogens with zero attached hydrogens (tertiary/aromatic N) is 3. The number of imidazole rings is 1. The van der Waals surface area contributed by atoms with E-state index in [1.165, 1.54) is 18.5 Å². The molecule has 0 aromatic carbocycles. The molecule has 0 aliphatic heterocycles. The molecule has 0 bridgehead atoms. The lowest BCUT2D eigenvalue weighted by Crippen LogP contribution is -2.37. The molecule has 0 unspecified atom stereocenters. The van der Waals surface area contributed by atoms with Crippen molar-refractivity contribution < 1.29 is 18.3 Å². The van der Waals surface area contributed by atoms with E-state index in [1.54, 1.807) is 0 Å². The van der Waals surface area contributed by atoms with E-state index in [-0.39, 0.29) is 39.1 Å². The Morgan fingerprint density at radius 1 is 1.21 bits per heavy atom. The maximum absolute atomic E-state index is 13.0. The van der Waals surface area contributed by atoms with Gasteiger partial charge in [-0.05, 0) is 37.7 Å². The molecule has 3 heterocycles. The third-order valence-corrected chi connectivity index (χ3v) is 6.05. The van der Waals surface area contributed by atoms with Gasteiger partial charge in [0.1, 0.15) is 11.1 Å². The molecule has 1 aliphatic carbocycles. The van der Waals surface area contributed by atoms with Gasteiger partial charge < -0.3 is 20.4 Å². The maximum Gasteiger partial charge on any atom is 0.272 e. The number of carbonyl (C=O) groups is 1. The van der Waals surface area contributed by atoms with Crippen LogP contribution in [0.4, 0.5) is 20.4 Å². The normalized spacial score (nSPS) is 18.5. The summed E-state index contributed by atoms with van der Waals surface area (Å²) in [5, 5.41) is 6.47. The van der Waals surface area contributed by atoms with Gasteiger partial charge in [0.15, 0.2) is 12.3 Å². The highest BCUT2D eigenvalue weighted by Crippen LogP contribution is 2.32. The molecular weight excluding hydrogens is 477 g/mol. The van der Waals surface area contributed by atoms with E-state index in [2.05, 4.69) is 37.5 Å². The third-order valence-electron chi connectivity index (χ3n) is 5.48. The van der Waals surface area contributed by atoms with Crippen LogP contribution >= 0.6 is 23.2 Å². The number of pyridine rings is 2. The Morgan fingerprint density at radius 2 is 1.91 bits per heavy atom. The van der Waals surface area contributed by atoms with Crippen molar-refractivity contribution in [3.05, 3.63) is 34.1 Å². The molecule has 1 aliphatic rings. The van der Waals surface area contributed by atoms with Gasteiger partial charge in [-0.2, -0.15) is 4.98 Å². The van der Waals surface area contributed by atoms with Crippen LogP contribution in [-0.2, 0) is 0 Å². The monoisotopic (exact) mass is 498 g/mol. The van der Waals surface area contributed by atoms with Crippen LogP contribution in [0.2, 0.25) is 10.0 Å². The zero-order valence-electron chi connectivity index (χ0n) is 17.7. The fourth-order valence-electron chi connectivity index (χ4n) is 3.71. The number of halogens is 4. The number of nitrogens with one attached hydrogen (secondary N) is 3. The van der Waals surface area contributed by atoms with E-state index >= 15 is 0 Å². The average Bonchev–Trinajstić information content (AvgIpc) is 3.17. The van der Waals surface area contributed by atoms with E-state index in [1.807, 2.05) is 0 Å². The van der Waals surface area contributed by atoms with Gasteiger partial charge in [-0.25, -0.2) is 13.8 Å². The highest BCUT2D eigenvalue weighted by molar-refractivity contribution is 6.39. The van der Waals surface area contributed by atoms with Crippen LogP contribution in [0, 0.1) is 5.92 Å². The van der Waals surface area contributed by atoms with Crippen molar-refractivity contribution in [2.24, 2.45) is 5.92 Å². The summed E-state index contributed by atoms with van der Waals surface area (Å²) >= 11 is 12.3. The van der Waals surface area contributed by atoms with Crippen molar-refractivity contribution in [3.63, 3.8) is 0 Å². The van der Waals surface area contributed by atoms with E-state index in [9.17, 15) is 13.6 Å². The van der Waals surface area contributed by atoms with Gasteiger partial charge in [-0.1, -0.05) is 30.1 Å². The Balaban J connectivity index is 1.62. The van der Waals surface area contributed by atoms with Crippen molar-refractivity contribution in [2.45, 2.75) is 45.1 Å². The number of H-pyrrole nitrogens is 1. The van der Waals surface area contributed by atoms with Gasteiger partial charge >= 0.3 is 0 Å². The van der Waals surface area contributed by atoms with E-state index in [0.717, 1.165) is 25.7 Å². The largest absolute Gasteiger partial charge is 0.471 e. The highest BCUT2D eigenvalue weighted by atomic mass is 35.5. The zero-order valence-corrected chi connectivity index (χ0v) is 19.2. The molecule has 1 saturated carbocycles. The first-order valence-electron chi connectivity index (χ1n) is 10.5. The van der Waals surface area contributed by atoms with Crippen molar-refractivity contribution in [1.29, 1.82) is 0 Å². The second-order valence-corrected chi connectivity index (χ2v) is 8.84.